The highest BCUT2D eigenvalue weighted by molar-refractivity contribution is 5.77. The summed E-state index contributed by atoms with van der Waals surface area (Å²) >= 11 is 0. The van der Waals surface area contributed by atoms with Crippen molar-refractivity contribution in [3.63, 3.8) is 0 Å². The number of aliphatic carboxylic acids is 1. The Hall–Kier alpha value is -4.64. The minimum Gasteiger partial charge on any atom is -0.497 e. The van der Waals surface area contributed by atoms with Crippen LogP contribution >= 0.6 is 0 Å². The summed E-state index contributed by atoms with van der Waals surface area (Å²) in [5.74, 6) is -0.382. The van der Waals surface area contributed by atoms with Crippen LogP contribution in [0.2, 0.25) is 0 Å². The number of carboxylic acids is 1. The molecule has 0 bridgehead atoms. The molecule has 0 radical (unpaired) electrons. The van der Waals surface area contributed by atoms with Gasteiger partial charge in [-0.2, -0.15) is 5.10 Å². The molecule has 0 aliphatic carbocycles. The number of anilines is 2. The van der Waals surface area contributed by atoms with E-state index < -0.39 is 24.0 Å². The first-order chi connectivity index (χ1) is 19.0. The average molecular weight is 531 g/mol. The number of piperidine rings is 1. The molecule has 2 atom stereocenters. The summed E-state index contributed by atoms with van der Waals surface area (Å²) in [4.78, 5) is 31.1. The maximum absolute atomic E-state index is 12.4. The number of aromatic nitrogens is 3. The number of nitrogens with one attached hydrogen (secondary N) is 2. The molecular formula is C28H30N6O5. The van der Waals surface area contributed by atoms with E-state index in [9.17, 15) is 14.7 Å². The van der Waals surface area contributed by atoms with E-state index >= 15 is 0 Å². The van der Waals surface area contributed by atoms with Crippen LogP contribution in [0.5, 0.6) is 5.75 Å². The van der Waals surface area contributed by atoms with E-state index in [1.807, 2.05) is 66.9 Å². The molecule has 5 rings (SSSR count). The third-order valence-electron chi connectivity index (χ3n) is 6.79. The quantitative estimate of drug-likeness (QED) is 0.297. The van der Waals surface area contributed by atoms with Crippen molar-refractivity contribution in [1.82, 2.24) is 24.8 Å². The van der Waals surface area contributed by atoms with Crippen LogP contribution in [-0.4, -0.2) is 62.9 Å². The molecule has 1 fully saturated rings. The standard InChI is InChI=1S/C28H30N6O5/c1-38-22-9-5-8-21(14-22)31-26-25-20(10-13-34(25)30-18-29-26)15-33-12-11-24(23(16-33)27(35)36)32-28(37)39-17-19-6-3-2-4-7-19/h2-10,13-14,18,23-24H,11-12,15-17H2,1H3,(H,32,37)(H,35,36)(H,29,30,31)/t23-,24-/m1/s1. The highest BCUT2D eigenvalue weighted by atomic mass is 16.5. The van der Waals surface area contributed by atoms with Gasteiger partial charge < -0.3 is 25.2 Å². The van der Waals surface area contributed by atoms with Gasteiger partial charge in [-0.25, -0.2) is 14.3 Å². The number of hydrogen-bond acceptors (Lipinski definition) is 8. The smallest absolute Gasteiger partial charge is 0.407 e. The van der Waals surface area contributed by atoms with E-state index in [0.717, 1.165) is 28.1 Å². The van der Waals surface area contributed by atoms with Gasteiger partial charge in [0.1, 0.15) is 24.2 Å². The second-order valence-corrected chi connectivity index (χ2v) is 9.38. The van der Waals surface area contributed by atoms with Crippen molar-refractivity contribution >= 4 is 29.1 Å². The van der Waals surface area contributed by atoms with Gasteiger partial charge in [0.05, 0.1) is 13.0 Å². The number of methoxy groups -OCH3 is 1. The van der Waals surface area contributed by atoms with Crippen LogP contribution in [0.25, 0.3) is 5.52 Å². The van der Waals surface area contributed by atoms with Crippen LogP contribution in [0.4, 0.5) is 16.3 Å². The topological polar surface area (TPSA) is 130 Å². The van der Waals surface area contributed by atoms with Gasteiger partial charge in [-0.15, -0.1) is 0 Å². The summed E-state index contributed by atoms with van der Waals surface area (Å²) in [5.41, 5.74) is 3.44. The Morgan fingerprint density at radius 3 is 2.77 bits per heavy atom. The molecule has 2 aromatic carbocycles. The van der Waals surface area contributed by atoms with E-state index in [1.54, 1.807) is 11.6 Å². The fraction of sp³-hybridized carbons (Fsp3) is 0.286. The summed E-state index contributed by atoms with van der Waals surface area (Å²) < 4.78 is 12.4. The summed E-state index contributed by atoms with van der Waals surface area (Å²) in [6.07, 6.45) is 3.20. The molecule has 1 amide bonds. The first kappa shape index (κ1) is 26.0. The summed E-state index contributed by atoms with van der Waals surface area (Å²) in [7, 11) is 1.61. The second-order valence-electron chi connectivity index (χ2n) is 9.38. The molecule has 0 saturated carbocycles. The van der Waals surface area contributed by atoms with Crippen LogP contribution in [0.3, 0.4) is 0 Å². The number of hydrogen-bond donors (Lipinski definition) is 3. The van der Waals surface area contributed by atoms with Crippen LogP contribution in [0.15, 0.2) is 73.2 Å². The zero-order chi connectivity index (χ0) is 27.2. The Balaban J connectivity index is 1.25. The van der Waals surface area contributed by atoms with Crippen molar-refractivity contribution in [2.24, 2.45) is 5.92 Å². The molecule has 11 nitrogen and oxygen atoms in total. The van der Waals surface area contributed by atoms with Crippen molar-refractivity contribution in [3.05, 3.63) is 84.3 Å². The third kappa shape index (κ3) is 6.27. The van der Waals surface area contributed by atoms with E-state index in [-0.39, 0.29) is 13.2 Å². The molecule has 39 heavy (non-hydrogen) atoms. The zero-order valence-electron chi connectivity index (χ0n) is 21.5. The first-order valence-corrected chi connectivity index (χ1v) is 12.6. The molecule has 4 aromatic rings. The van der Waals surface area contributed by atoms with Crippen molar-refractivity contribution in [1.29, 1.82) is 0 Å². The largest absolute Gasteiger partial charge is 0.497 e. The monoisotopic (exact) mass is 530 g/mol. The van der Waals surface area contributed by atoms with Crippen LogP contribution < -0.4 is 15.4 Å². The molecule has 202 valence electrons. The predicted molar refractivity (Wildman–Crippen MR) is 144 cm³/mol. The minimum absolute atomic E-state index is 0.124. The number of likely N-dealkylation sites (tertiary alicyclic amines) is 1. The molecule has 2 aromatic heterocycles. The minimum atomic E-state index is -0.960. The van der Waals surface area contributed by atoms with Gasteiger partial charge in [0.2, 0.25) is 0 Å². The Morgan fingerprint density at radius 1 is 1.13 bits per heavy atom. The molecule has 0 unspecified atom stereocenters. The van der Waals surface area contributed by atoms with E-state index in [2.05, 4.69) is 25.6 Å². The lowest BCUT2D eigenvalue weighted by Crippen LogP contribution is -2.53. The Morgan fingerprint density at radius 2 is 1.97 bits per heavy atom. The predicted octanol–water partition coefficient (Wildman–Crippen LogP) is 3.68. The van der Waals surface area contributed by atoms with Gasteiger partial charge in [-0.3, -0.25) is 9.69 Å². The maximum atomic E-state index is 12.4. The van der Waals surface area contributed by atoms with Gasteiger partial charge in [0, 0.05) is 43.6 Å². The van der Waals surface area contributed by atoms with E-state index in [1.165, 1.54) is 6.33 Å². The van der Waals surface area contributed by atoms with E-state index in [0.29, 0.717) is 25.3 Å². The Kier molecular flexibility index (Phi) is 7.88. The number of carbonyl (C=O) groups is 2. The normalized spacial score (nSPS) is 17.5. The van der Waals surface area contributed by atoms with Gasteiger partial charge in [0.25, 0.3) is 0 Å². The zero-order valence-corrected chi connectivity index (χ0v) is 21.5. The fourth-order valence-electron chi connectivity index (χ4n) is 4.82. The lowest BCUT2D eigenvalue weighted by molar-refractivity contribution is -0.144. The summed E-state index contributed by atoms with van der Waals surface area (Å²) in [5, 5.41) is 20.4. The number of fused-ring (bicyclic) bond motifs is 1. The molecule has 1 aliphatic heterocycles. The number of rotatable bonds is 9. The Bertz CT molecular complexity index is 1440. The van der Waals surface area contributed by atoms with Crippen LogP contribution in [0, 0.1) is 5.92 Å². The maximum Gasteiger partial charge on any atom is 0.407 e. The number of carboxylic acid groups (broad SMARTS) is 1. The number of carbonyl (C=O) groups excluding carboxylic acids is 1. The van der Waals surface area contributed by atoms with Crippen LogP contribution in [0.1, 0.15) is 17.5 Å². The number of nitrogens with zero attached hydrogens (tertiary/aromatic N) is 4. The van der Waals surface area contributed by atoms with Crippen molar-refractivity contribution < 1.29 is 24.2 Å². The van der Waals surface area contributed by atoms with Crippen molar-refractivity contribution in [2.45, 2.75) is 25.6 Å². The summed E-state index contributed by atoms with van der Waals surface area (Å²) in [6.45, 7) is 1.52. The van der Waals surface area contributed by atoms with Gasteiger partial charge in [0.15, 0.2) is 5.82 Å². The molecule has 0 spiro atoms. The van der Waals surface area contributed by atoms with Crippen LogP contribution in [-0.2, 0) is 22.7 Å². The lowest BCUT2D eigenvalue weighted by Gasteiger charge is -2.36. The fourth-order valence-corrected chi connectivity index (χ4v) is 4.82. The second kappa shape index (κ2) is 11.8. The number of alkyl carbamates (subject to hydrolysis) is 1. The van der Waals surface area contributed by atoms with Gasteiger partial charge >= 0.3 is 12.1 Å². The van der Waals surface area contributed by atoms with Gasteiger partial charge in [-0.05, 0) is 35.7 Å². The average Bonchev–Trinajstić information content (AvgIpc) is 3.37. The molecular weight excluding hydrogens is 500 g/mol. The molecule has 1 saturated heterocycles. The number of amides is 1. The number of benzene rings is 2. The third-order valence-corrected chi connectivity index (χ3v) is 6.79. The Labute approximate surface area is 225 Å². The van der Waals surface area contributed by atoms with E-state index in [4.69, 9.17) is 9.47 Å². The summed E-state index contributed by atoms with van der Waals surface area (Å²) in [6, 6.07) is 18.3. The van der Waals surface area contributed by atoms with Gasteiger partial charge in [-0.1, -0.05) is 36.4 Å². The SMILES string of the molecule is COc1cccc(Nc2ncnn3ccc(CN4CC[C@@H](NC(=O)OCc5ccccc5)[C@H](C(=O)O)C4)c23)c1. The highest BCUT2D eigenvalue weighted by Crippen LogP contribution is 2.27. The highest BCUT2D eigenvalue weighted by Gasteiger charge is 2.36. The molecule has 3 heterocycles. The van der Waals surface area contributed by atoms with Crippen molar-refractivity contribution in [3.8, 4) is 5.75 Å². The van der Waals surface area contributed by atoms with Crippen molar-refractivity contribution in [2.75, 3.05) is 25.5 Å². The molecule has 1 aliphatic rings. The number of ether oxygens (including phenoxy) is 2. The first-order valence-electron chi connectivity index (χ1n) is 12.6. The molecule has 3 N–H and O–H groups in total. The lowest BCUT2D eigenvalue weighted by atomic mass is 9.92. The molecule has 11 heteroatoms.